The van der Waals surface area contributed by atoms with Crippen LogP contribution in [0.15, 0.2) is 73.1 Å². The molecule has 0 aliphatic carbocycles. The zero-order valence-electron chi connectivity index (χ0n) is 21.9. The summed E-state index contributed by atoms with van der Waals surface area (Å²) in [4.78, 5) is 6.43. The van der Waals surface area contributed by atoms with Crippen LogP contribution in [0.4, 0.5) is 5.82 Å². The number of aliphatic hydroxyl groups is 3. The number of hydrogen-bond acceptors (Lipinski definition) is 7. The van der Waals surface area contributed by atoms with Crippen LogP contribution in [-0.4, -0.2) is 67.2 Å². The molecule has 9 nitrogen and oxygen atoms in total. The first kappa shape index (κ1) is 25.9. The van der Waals surface area contributed by atoms with E-state index in [2.05, 4.69) is 77.0 Å². The van der Waals surface area contributed by atoms with Gasteiger partial charge < -0.3 is 30.3 Å². The number of fused-ring (bicyclic) bond motifs is 3. The highest BCUT2D eigenvalue weighted by Gasteiger charge is 2.45. The first-order valence-corrected chi connectivity index (χ1v) is 13.4. The molecule has 5 aromatic carbocycles. The third kappa shape index (κ3) is 3.64. The van der Waals surface area contributed by atoms with Gasteiger partial charge in [-0.3, -0.25) is 9.98 Å². The molecular formula is C31H28ClN5O4. The molecule has 0 bridgehead atoms. The highest BCUT2D eigenvalue weighted by Crippen LogP contribution is 2.42. The molecule has 4 atom stereocenters. The van der Waals surface area contributed by atoms with E-state index < -0.39 is 31.1 Å². The summed E-state index contributed by atoms with van der Waals surface area (Å²) in [6.07, 6.45) is -2.75. The number of benzene rings is 5. The molecule has 1 aromatic heterocycles. The SMILES string of the molecule is Cl.N=C1c2ncn([C@@H]3O[C@H](CO)[C@@H](O)[C@H]3O)c2NCN1Cc1c2ccccc2c2ccc3cccc4ccc1c2c43. The molecule has 0 unspecified atom stereocenters. The summed E-state index contributed by atoms with van der Waals surface area (Å²) in [7, 11) is 0. The standard InChI is InChI=1S/C31H27N5O4.ClH/c32-29-26-30(36(15-33-26)31-28(39)27(38)23(13-37)40-31)34-14-35(29)12-22-19-7-2-1-6-18(19)20-10-8-16-4-3-5-17-9-11-21(22)25(20)24(16)17;/h1-11,15,23,27-28,31-32,34,37-39H,12-14H2;1H/t23-,27-,28-,31-;/m1./s1. The van der Waals surface area contributed by atoms with Crippen molar-refractivity contribution in [1.29, 1.82) is 5.41 Å². The minimum Gasteiger partial charge on any atom is -0.394 e. The van der Waals surface area contributed by atoms with Crippen LogP contribution in [0.3, 0.4) is 0 Å². The molecule has 10 heteroatoms. The highest BCUT2D eigenvalue weighted by molar-refractivity contribution is 6.30. The monoisotopic (exact) mass is 569 g/mol. The Hall–Kier alpha value is -3.99. The first-order valence-electron chi connectivity index (χ1n) is 13.4. The molecule has 1 fully saturated rings. The molecule has 0 amide bonds. The molecule has 0 saturated carbocycles. The second-order valence-corrected chi connectivity index (χ2v) is 10.7. The van der Waals surface area contributed by atoms with Crippen molar-refractivity contribution in [1.82, 2.24) is 14.5 Å². The Labute approximate surface area is 240 Å². The molecule has 0 radical (unpaired) electrons. The minimum atomic E-state index is -1.23. The Morgan fingerprint density at radius 1 is 0.878 bits per heavy atom. The predicted octanol–water partition coefficient (Wildman–Crippen LogP) is 4.18. The maximum Gasteiger partial charge on any atom is 0.165 e. The number of ether oxygens (including phenoxy) is 1. The van der Waals surface area contributed by atoms with Crippen molar-refractivity contribution >= 4 is 67.2 Å². The average Bonchev–Trinajstić information content (AvgIpc) is 3.54. The van der Waals surface area contributed by atoms with E-state index in [1.165, 1.54) is 44.0 Å². The van der Waals surface area contributed by atoms with Crippen LogP contribution >= 0.6 is 12.4 Å². The molecule has 41 heavy (non-hydrogen) atoms. The summed E-state index contributed by atoms with van der Waals surface area (Å²) >= 11 is 0. The van der Waals surface area contributed by atoms with Crippen LogP contribution < -0.4 is 5.32 Å². The number of halogens is 1. The Balaban J connectivity index is 0.00000276. The lowest BCUT2D eigenvalue weighted by atomic mass is 9.87. The van der Waals surface area contributed by atoms with Gasteiger partial charge in [0.2, 0.25) is 0 Å². The van der Waals surface area contributed by atoms with Crippen LogP contribution in [-0.2, 0) is 11.3 Å². The number of aromatic nitrogens is 2. The number of rotatable bonds is 4. The van der Waals surface area contributed by atoms with E-state index >= 15 is 0 Å². The highest BCUT2D eigenvalue weighted by atomic mass is 35.5. The third-order valence-electron chi connectivity index (χ3n) is 8.56. The number of nitrogens with zero attached hydrogens (tertiary/aromatic N) is 3. The van der Waals surface area contributed by atoms with Gasteiger partial charge in [-0.1, -0.05) is 66.7 Å². The summed E-state index contributed by atoms with van der Waals surface area (Å²) in [6.45, 7) is 0.444. The number of hydrogen-bond donors (Lipinski definition) is 5. The number of anilines is 1. The van der Waals surface area contributed by atoms with Gasteiger partial charge >= 0.3 is 0 Å². The Kier molecular flexibility index (Phi) is 6.04. The van der Waals surface area contributed by atoms with Crippen LogP contribution in [0.2, 0.25) is 0 Å². The van der Waals surface area contributed by atoms with Crippen LogP contribution in [0, 0.1) is 5.41 Å². The van der Waals surface area contributed by atoms with E-state index in [0.29, 0.717) is 24.7 Å². The summed E-state index contributed by atoms with van der Waals surface area (Å²) in [6, 6.07) is 23.7. The topological polar surface area (TPSA) is 127 Å². The molecule has 2 aliphatic heterocycles. The smallest absolute Gasteiger partial charge is 0.165 e. The maximum atomic E-state index is 10.5. The lowest BCUT2D eigenvalue weighted by Gasteiger charge is -2.32. The predicted molar refractivity (Wildman–Crippen MR) is 161 cm³/mol. The van der Waals surface area contributed by atoms with Crippen molar-refractivity contribution in [3.05, 3.63) is 84.3 Å². The quantitative estimate of drug-likeness (QED) is 0.159. The van der Waals surface area contributed by atoms with Gasteiger partial charge in [0.1, 0.15) is 29.8 Å². The first-order chi connectivity index (χ1) is 19.5. The van der Waals surface area contributed by atoms with Gasteiger partial charge in [-0.2, -0.15) is 0 Å². The lowest BCUT2D eigenvalue weighted by molar-refractivity contribution is -0.0519. The van der Waals surface area contributed by atoms with Crippen molar-refractivity contribution in [3.8, 4) is 0 Å². The summed E-state index contributed by atoms with van der Waals surface area (Å²) in [5.74, 6) is 0.797. The third-order valence-corrected chi connectivity index (χ3v) is 8.56. The van der Waals surface area contributed by atoms with Crippen LogP contribution in [0.1, 0.15) is 17.5 Å². The van der Waals surface area contributed by atoms with Gasteiger partial charge in [-0.05, 0) is 48.7 Å². The normalized spacial score (nSPS) is 22.5. The molecule has 2 aliphatic rings. The molecule has 3 heterocycles. The second-order valence-electron chi connectivity index (χ2n) is 10.7. The number of nitrogens with one attached hydrogen (secondary N) is 2. The van der Waals surface area contributed by atoms with Crippen LogP contribution in [0.25, 0.3) is 43.1 Å². The van der Waals surface area contributed by atoms with Gasteiger partial charge in [-0.15, -0.1) is 12.4 Å². The molecule has 8 rings (SSSR count). The molecule has 208 valence electrons. The Bertz CT molecular complexity index is 1940. The summed E-state index contributed by atoms with van der Waals surface area (Å²) in [5.41, 5.74) is 1.59. The van der Waals surface area contributed by atoms with E-state index in [4.69, 9.17) is 10.1 Å². The largest absolute Gasteiger partial charge is 0.394 e. The zero-order valence-corrected chi connectivity index (χ0v) is 22.7. The Morgan fingerprint density at radius 3 is 2.34 bits per heavy atom. The fraction of sp³-hybridized carbons (Fsp3) is 0.226. The van der Waals surface area contributed by atoms with E-state index in [1.54, 1.807) is 4.57 Å². The fourth-order valence-electron chi connectivity index (χ4n) is 6.59. The van der Waals surface area contributed by atoms with Crippen molar-refractivity contribution < 1.29 is 20.1 Å². The van der Waals surface area contributed by atoms with Gasteiger partial charge in [-0.25, -0.2) is 4.98 Å². The van der Waals surface area contributed by atoms with E-state index in [-0.39, 0.29) is 18.2 Å². The fourth-order valence-corrected chi connectivity index (χ4v) is 6.59. The maximum absolute atomic E-state index is 10.5. The van der Waals surface area contributed by atoms with E-state index in [1.807, 2.05) is 4.90 Å². The number of imidazole rings is 1. The van der Waals surface area contributed by atoms with Crippen molar-refractivity contribution in [2.45, 2.75) is 31.1 Å². The second kappa shape index (κ2) is 9.54. The molecule has 0 spiro atoms. The van der Waals surface area contributed by atoms with Gasteiger partial charge in [0, 0.05) is 6.54 Å². The summed E-state index contributed by atoms with van der Waals surface area (Å²) in [5, 5.41) is 52.3. The van der Waals surface area contributed by atoms with E-state index in [9.17, 15) is 15.3 Å². The zero-order chi connectivity index (χ0) is 27.1. The molecule has 1 saturated heterocycles. The number of amidine groups is 1. The molecule has 5 N–H and O–H groups in total. The van der Waals surface area contributed by atoms with Crippen LogP contribution in [0.5, 0.6) is 0 Å². The number of aliphatic hydroxyl groups excluding tert-OH is 3. The van der Waals surface area contributed by atoms with Crippen molar-refractivity contribution in [2.24, 2.45) is 0 Å². The van der Waals surface area contributed by atoms with E-state index in [0.717, 1.165) is 10.9 Å². The molecule has 6 aromatic rings. The van der Waals surface area contributed by atoms with Crippen molar-refractivity contribution in [2.75, 3.05) is 18.6 Å². The van der Waals surface area contributed by atoms with Gasteiger partial charge in [0.05, 0.1) is 19.6 Å². The van der Waals surface area contributed by atoms with Gasteiger partial charge in [0.15, 0.2) is 12.1 Å². The van der Waals surface area contributed by atoms with Crippen molar-refractivity contribution in [3.63, 3.8) is 0 Å². The minimum absolute atomic E-state index is 0. The van der Waals surface area contributed by atoms with Gasteiger partial charge in [0.25, 0.3) is 0 Å². The Morgan fingerprint density at radius 2 is 1.61 bits per heavy atom. The molecular weight excluding hydrogens is 542 g/mol. The lowest BCUT2D eigenvalue weighted by Crippen LogP contribution is -2.40. The average molecular weight is 570 g/mol. The summed E-state index contributed by atoms with van der Waals surface area (Å²) < 4.78 is 7.30.